The van der Waals surface area contributed by atoms with Gasteiger partial charge in [0.05, 0.1) is 5.92 Å². The van der Waals surface area contributed by atoms with Crippen molar-refractivity contribution in [2.45, 2.75) is 36.0 Å². The number of hydrogen-bond acceptors (Lipinski definition) is 3. The van der Waals surface area contributed by atoms with E-state index in [-0.39, 0.29) is 11.9 Å². The summed E-state index contributed by atoms with van der Waals surface area (Å²) in [7, 11) is 0. The molecule has 2 aromatic rings. The van der Waals surface area contributed by atoms with Crippen molar-refractivity contribution in [2.75, 3.05) is 0 Å². The van der Waals surface area contributed by atoms with Crippen LogP contribution in [-0.4, -0.2) is 23.0 Å². The van der Waals surface area contributed by atoms with Crippen LogP contribution < -0.4 is 5.32 Å². The summed E-state index contributed by atoms with van der Waals surface area (Å²) in [6.07, 6.45) is 2.21. The van der Waals surface area contributed by atoms with Gasteiger partial charge in [0.25, 0.3) is 5.91 Å². The minimum Gasteiger partial charge on any atom is -0.481 e. The highest BCUT2D eigenvalue weighted by molar-refractivity contribution is 7.98. The number of benzene rings is 2. The number of carboxylic acid groups (broad SMARTS) is 1. The van der Waals surface area contributed by atoms with Gasteiger partial charge < -0.3 is 10.4 Å². The minimum absolute atomic E-state index is 0.197. The van der Waals surface area contributed by atoms with Crippen molar-refractivity contribution < 1.29 is 14.7 Å². The third kappa shape index (κ3) is 4.63. The van der Waals surface area contributed by atoms with Gasteiger partial charge in [0.2, 0.25) is 0 Å². The van der Waals surface area contributed by atoms with E-state index in [2.05, 4.69) is 17.4 Å². The molecule has 0 heterocycles. The molecule has 0 aromatic heterocycles. The van der Waals surface area contributed by atoms with E-state index in [1.54, 1.807) is 23.9 Å². The van der Waals surface area contributed by atoms with Gasteiger partial charge in [-0.15, -0.1) is 11.8 Å². The van der Waals surface area contributed by atoms with Crippen LogP contribution in [0.5, 0.6) is 0 Å². The molecule has 0 spiro atoms. The molecule has 1 saturated carbocycles. The Bertz CT molecular complexity index is 730. The number of nitrogens with one attached hydrogen (secondary N) is 1. The lowest BCUT2D eigenvalue weighted by Gasteiger charge is -2.17. The average Bonchev–Trinajstić information content (AvgIpc) is 3.09. The normalized spacial score (nSPS) is 19.5. The fourth-order valence-corrected chi connectivity index (χ4v) is 3.98. The fraction of sp³-hybridized carbons (Fsp3) is 0.300. The molecule has 130 valence electrons. The Morgan fingerprint density at radius 1 is 1.04 bits per heavy atom. The molecule has 5 heteroatoms. The van der Waals surface area contributed by atoms with Crippen molar-refractivity contribution in [3.05, 3.63) is 65.7 Å². The second-order valence-electron chi connectivity index (χ2n) is 6.25. The van der Waals surface area contributed by atoms with Crippen molar-refractivity contribution in [1.29, 1.82) is 0 Å². The zero-order valence-corrected chi connectivity index (χ0v) is 14.7. The van der Waals surface area contributed by atoms with Crippen LogP contribution >= 0.6 is 11.8 Å². The molecule has 1 aliphatic rings. The molecule has 0 unspecified atom stereocenters. The van der Waals surface area contributed by atoms with Crippen LogP contribution in [0.2, 0.25) is 0 Å². The second kappa shape index (κ2) is 8.21. The monoisotopic (exact) mass is 355 g/mol. The van der Waals surface area contributed by atoms with Gasteiger partial charge in [-0.1, -0.05) is 36.8 Å². The molecule has 25 heavy (non-hydrogen) atoms. The number of carbonyl (C=O) groups excluding carboxylic acids is 1. The first-order valence-corrected chi connectivity index (χ1v) is 9.42. The summed E-state index contributed by atoms with van der Waals surface area (Å²) in [5, 5.41) is 12.1. The maximum atomic E-state index is 12.3. The Balaban J connectivity index is 1.56. The van der Waals surface area contributed by atoms with E-state index in [1.807, 2.05) is 30.3 Å². The van der Waals surface area contributed by atoms with E-state index in [0.717, 1.165) is 23.5 Å². The summed E-state index contributed by atoms with van der Waals surface area (Å²) in [6, 6.07) is 17.4. The highest BCUT2D eigenvalue weighted by Gasteiger charge is 2.33. The van der Waals surface area contributed by atoms with E-state index >= 15 is 0 Å². The van der Waals surface area contributed by atoms with Crippen molar-refractivity contribution in [1.82, 2.24) is 5.32 Å². The molecule has 4 nitrogen and oxygen atoms in total. The van der Waals surface area contributed by atoms with E-state index in [1.165, 1.54) is 5.56 Å². The Hall–Kier alpha value is -2.27. The molecule has 0 radical (unpaired) electrons. The Morgan fingerprint density at radius 2 is 1.76 bits per heavy atom. The van der Waals surface area contributed by atoms with Gasteiger partial charge in [-0.25, -0.2) is 0 Å². The zero-order chi connectivity index (χ0) is 17.6. The van der Waals surface area contributed by atoms with E-state index in [9.17, 15) is 14.7 Å². The number of amides is 1. The van der Waals surface area contributed by atoms with Gasteiger partial charge in [-0.3, -0.25) is 9.59 Å². The lowest BCUT2D eigenvalue weighted by molar-refractivity contribution is -0.142. The lowest BCUT2D eigenvalue weighted by atomic mass is 10.0. The summed E-state index contributed by atoms with van der Waals surface area (Å²) in [5.74, 6) is -0.604. The highest BCUT2D eigenvalue weighted by Crippen LogP contribution is 2.27. The molecule has 2 atom stereocenters. The van der Waals surface area contributed by atoms with Gasteiger partial charge in [0.1, 0.15) is 0 Å². The molecule has 0 bridgehead atoms. The van der Waals surface area contributed by atoms with Gasteiger partial charge >= 0.3 is 5.97 Å². The van der Waals surface area contributed by atoms with Crippen molar-refractivity contribution in [2.24, 2.45) is 5.92 Å². The van der Waals surface area contributed by atoms with E-state index in [0.29, 0.717) is 12.0 Å². The summed E-state index contributed by atoms with van der Waals surface area (Å²) in [5.41, 5.74) is 1.83. The first-order chi connectivity index (χ1) is 12.1. The first-order valence-electron chi connectivity index (χ1n) is 8.44. The van der Waals surface area contributed by atoms with Crippen molar-refractivity contribution >= 4 is 23.6 Å². The van der Waals surface area contributed by atoms with Crippen LogP contribution in [0.15, 0.2) is 59.5 Å². The predicted octanol–water partition coefficient (Wildman–Crippen LogP) is 3.96. The summed E-state index contributed by atoms with van der Waals surface area (Å²) < 4.78 is 0. The average molecular weight is 355 g/mol. The van der Waals surface area contributed by atoms with E-state index in [4.69, 9.17) is 0 Å². The van der Waals surface area contributed by atoms with Crippen LogP contribution in [0.3, 0.4) is 0 Å². The smallest absolute Gasteiger partial charge is 0.308 e. The van der Waals surface area contributed by atoms with Gasteiger partial charge in [0, 0.05) is 22.3 Å². The van der Waals surface area contributed by atoms with E-state index < -0.39 is 11.9 Å². The molecule has 2 N–H and O–H groups in total. The number of carboxylic acids is 1. The van der Waals surface area contributed by atoms with Crippen LogP contribution in [-0.2, 0) is 10.5 Å². The van der Waals surface area contributed by atoms with Crippen molar-refractivity contribution in [3.8, 4) is 0 Å². The molecular weight excluding hydrogens is 334 g/mol. The van der Waals surface area contributed by atoms with Gasteiger partial charge in [0.15, 0.2) is 0 Å². The molecule has 0 aliphatic heterocycles. The first kappa shape index (κ1) is 17.5. The maximum absolute atomic E-state index is 12.3. The van der Waals surface area contributed by atoms with Crippen LogP contribution in [0.1, 0.15) is 35.2 Å². The summed E-state index contributed by atoms with van der Waals surface area (Å²) in [6.45, 7) is 0. The zero-order valence-electron chi connectivity index (χ0n) is 13.9. The fourth-order valence-electron chi connectivity index (χ4n) is 3.12. The highest BCUT2D eigenvalue weighted by atomic mass is 32.2. The predicted molar refractivity (Wildman–Crippen MR) is 98.7 cm³/mol. The van der Waals surface area contributed by atoms with Crippen LogP contribution in [0, 0.1) is 5.92 Å². The summed E-state index contributed by atoms with van der Waals surface area (Å²) >= 11 is 1.72. The third-order valence-corrected chi connectivity index (χ3v) is 5.60. The van der Waals surface area contributed by atoms with Crippen LogP contribution in [0.4, 0.5) is 0 Å². The Kier molecular flexibility index (Phi) is 5.76. The Morgan fingerprint density at radius 3 is 2.44 bits per heavy atom. The molecule has 2 aromatic carbocycles. The van der Waals surface area contributed by atoms with Crippen molar-refractivity contribution in [3.63, 3.8) is 0 Å². The molecular formula is C20H21NO3S. The quantitative estimate of drug-likeness (QED) is 0.770. The number of hydrogen-bond donors (Lipinski definition) is 2. The number of rotatable bonds is 6. The molecule has 3 rings (SSSR count). The second-order valence-corrected chi connectivity index (χ2v) is 7.30. The molecule has 0 saturated heterocycles. The minimum atomic E-state index is -0.824. The number of carbonyl (C=O) groups is 2. The molecule has 1 fully saturated rings. The number of aliphatic carboxylic acids is 1. The lowest BCUT2D eigenvalue weighted by Crippen LogP contribution is -2.40. The molecule has 1 aliphatic carbocycles. The van der Waals surface area contributed by atoms with Crippen LogP contribution in [0.25, 0.3) is 0 Å². The number of thioether (sulfide) groups is 1. The Labute approximate surface area is 151 Å². The third-order valence-electron chi connectivity index (χ3n) is 4.51. The topological polar surface area (TPSA) is 66.4 Å². The largest absolute Gasteiger partial charge is 0.481 e. The van der Waals surface area contributed by atoms with Gasteiger partial charge in [-0.2, -0.15) is 0 Å². The maximum Gasteiger partial charge on any atom is 0.308 e. The standard InChI is InChI=1S/C20H21NO3S/c22-19(21-18-8-4-7-17(18)20(23)24)15-9-11-16(12-10-15)25-13-14-5-2-1-3-6-14/h1-3,5-6,9-12,17-18H,4,7-8,13H2,(H,21,22)(H,23,24)/t17-,18+/m1/s1. The summed E-state index contributed by atoms with van der Waals surface area (Å²) in [4.78, 5) is 24.7. The SMILES string of the molecule is O=C(N[C@H]1CCC[C@H]1C(=O)O)c1ccc(SCc2ccccc2)cc1. The molecule has 1 amide bonds. The van der Waals surface area contributed by atoms with Gasteiger partial charge in [-0.05, 0) is 42.7 Å².